The second-order valence-electron chi connectivity index (χ2n) is 5.26. The van der Waals surface area contributed by atoms with Gasteiger partial charge in [-0.05, 0) is 30.5 Å². The van der Waals surface area contributed by atoms with E-state index in [1.54, 1.807) is 35.2 Å². The van der Waals surface area contributed by atoms with Crippen LogP contribution in [0.3, 0.4) is 0 Å². The van der Waals surface area contributed by atoms with E-state index in [1.165, 1.54) is 12.0 Å². The van der Waals surface area contributed by atoms with Crippen LogP contribution in [0.5, 0.6) is 5.75 Å². The number of ether oxygens (including phenoxy) is 2. The van der Waals surface area contributed by atoms with Gasteiger partial charge in [0.1, 0.15) is 11.3 Å². The molecule has 1 amide bonds. The molecule has 0 aliphatic carbocycles. The lowest BCUT2D eigenvalue weighted by atomic mass is 10.1. The molecule has 0 saturated heterocycles. The Labute approximate surface area is 155 Å². The molecule has 2 aromatic rings. The first-order chi connectivity index (χ1) is 12.1. The number of methoxy groups -OCH3 is 1. The van der Waals surface area contributed by atoms with Crippen molar-refractivity contribution in [1.29, 1.82) is 0 Å². The zero-order valence-electron chi connectivity index (χ0n) is 14.2. The van der Waals surface area contributed by atoms with E-state index in [4.69, 9.17) is 9.47 Å². The van der Waals surface area contributed by atoms with E-state index in [9.17, 15) is 9.59 Å². The third kappa shape index (κ3) is 6.43. The third-order valence-corrected chi connectivity index (χ3v) is 5.37. The smallest absolute Gasteiger partial charge is 0.342 e. The fraction of sp³-hybridized carbons (Fsp3) is 0.333. The Morgan fingerprint density at radius 2 is 2.12 bits per heavy atom. The number of aryl methyl sites for hydroxylation is 1. The summed E-state index contributed by atoms with van der Waals surface area (Å²) in [4.78, 5) is 25.2. The molecule has 0 saturated carbocycles. The van der Waals surface area contributed by atoms with Gasteiger partial charge in [-0.3, -0.25) is 4.79 Å². The predicted molar refractivity (Wildman–Crippen MR) is 102 cm³/mol. The van der Waals surface area contributed by atoms with Gasteiger partial charge in [0.05, 0.1) is 7.11 Å². The number of amides is 1. The van der Waals surface area contributed by atoms with E-state index in [0.717, 1.165) is 17.1 Å². The number of nitrogens with one attached hydrogen (secondary N) is 1. The highest BCUT2D eigenvalue weighted by Crippen LogP contribution is 2.20. The van der Waals surface area contributed by atoms with Crippen LogP contribution in [0.4, 0.5) is 0 Å². The van der Waals surface area contributed by atoms with Crippen LogP contribution in [0.15, 0.2) is 35.7 Å². The fourth-order valence-corrected chi connectivity index (χ4v) is 3.77. The van der Waals surface area contributed by atoms with E-state index in [2.05, 4.69) is 16.8 Å². The van der Waals surface area contributed by atoms with Gasteiger partial charge < -0.3 is 14.8 Å². The van der Waals surface area contributed by atoms with Crippen molar-refractivity contribution in [1.82, 2.24) is 5.32 Å². The molecule has 2 rings (SSSR count). The molecule has 0 bridgehead atoms. The summed E-state index contributed by atoms with van der Waals surface area (Å²) in [6, 6.07) is 9.35. The molecule has 0 radical (unpaired) electrons. The second-order valence-corrected chi connectivity index (χ2v) is 7.40. The van der Waals surface area contributed by atoms with E-state index in [1.807, 2.05) is 19.1 Å². The number of hydrogen-bond donors (Lipinski definition) is 1. The van der Waals surface area contributed by atoms with Crippen molar-refractivity contribution >= 4 is 35.0 Å². The van der Waals surface area contributed by atoms with Gasteiger partial charge >= 0.3 is 5.97 Å². The van der Waals surface area contributed by atoms with Gasteiger partial charge in [0.15, 0.2) is 6.61 Å². The summed E-state index contributed by atoms with van der Waals surface area (Å²) in [7, 11) is 1.49. The molecule has 0 aliphatic heterocycles. The fourth-order valence-electron chi connectivity index (χ4n) is 2.07. The van der Waals surface area contributed by atoms with Gasteiger partial charge in [-0.25, -0.2) is 4.79 Å². The highest BCUT2D eigenvalue weighted by Gasteiger charge is 2.15. The lowest BCUT2D eigenvalue weighted by molar-refractivity contribution is -0.124. The maximum atomic E-state index is 12.1. The van der Waals surface area contributed by atoms with Gasteiger partial charge in [0, 0.05) is 22.9 Å². The minimum atomic E-state index is -0.567. The molecular formula is C18H21NO4S2. The quantitative estimate of drug-likeness (QED) is 0.535. The van der Waals surface area contributed by atoms with Gasteiger partial charge in [-0.2, -0.15) is 11.8 Å². The van der Waals surface area contributed by atoms with Crippen molar-refractivity contribution in [2.75, 3.05) is 26.0 Å². The molecule has 1 heterocycles. The SMILES string of the molecule is COc1ccc(C)cc1C(=O)OCC(=O)NCCSCc1cccs1. The van der Waals surface area contributed by atoms with E-state index >= 15 is 0 Å². The number of esters is 1. The maximum absolute atomic E-state index is 12.1. The van der Waals surface area contributed by atoms with Crippen molar-refractivity contribution in [2.24, 2.45) is 0 Å². The number of thioether (sulfide) groups is 1. The topological polar surface area (TPSA) is 64.6 Å². The molecule has 0 atom stereocenters. The summed E-state index contributed by atoms with van der Waals surface area (Å²) in [6.45, 7) is 2.11. The van der Waals surface area contributed by atoms with Gasteiger partial charge in [-0.15, -0.1) is 11.3 Å². The third-order valence-electron chi connectivity index (χ3n) is 3.30. The molecule has 1 N–H and O–H groups in total. The lowest BCUT2D eigenvalue weighted by Gasteiger charge is -2.10. The highest BCUT2D eigenvalue weighted by atomic mass is 32.2. The van der Waals surface area contributed by atoms with Crippen LogP contribution in [0.2, 0.25) is 0 Å². The van der Waals surface area contributed by atoms with Gasteiger partial charge in [0.25, 0.3) is 5.91 Å². The van der Waals surface area contributed by atoms with Crippen LogP contribution in [-0.2, 0) is 15.3 Å². The molecule has 5 nitrogen and oxygen atoms in total. The Hall–Kier alpha value is -1.99. The average molecular weight is 380 g/mol. The van der Waals surface area contributed by atoms with Crippen LogP contribution < -0.4 is 10.1 Å². The van der Waals surface area contributed by atoms with Crippen molar-refractivity contribution in [3.05, 3.63) is 51.7 Å². The minimum Gasteiger partial charge on any atom is -0.496 e. The van der Waals surface area contributed by atoms with Gasteiger partial charge in [-0.1, -0.05) is 17.7 Å². The second kappa shape index (κ2) is 10.1. The first kappa shape index (κ1) is 19.3. The number of hydrogen-bond acceptors (Lipinski definition) is 6. The highest BCUT2D eigenvalue weighted by molar-refractivity contribution is 7.98. The predicted octanol–water partition coefficient (Wildman–Crippen LogP) is 3.27. The molecule has 134 valence electrons. The summed E-state index contributed by atoms with van der Waals surface area (Å²) in [5, 5.41) is 4.80. The van der Waals surface area contributed by atoms with Crippen molar-refractivity contribution in [2.45, 2.75) is 12.7 Å². The Bertz CT molecular complexity index is 701. The molecular weight excluding hydrogens is 358 g/mol. The normalized spacial score (nSPS) is 10.3. The van der Waals surface area contributed by atoms with Crippen LogP contribution in [0.25, 0.3) is 0 Å². The Morgan fingerprint density at radius 1 is 1.28 bits per heavy atom. The van der Waals surface area contributed by atoms with Gasteiger partial charge in [0.2, 0.25) is 0 Å². The molecule has 0 unspecified atom stereocenters. The van der Waals surface area contributed by atoms with E-state index < -0.39 is 5.97 Å². The van der Waals surface area contributed by atoms with Crippen molar-refractivity contribution in [3.63, 3.8) is 0 Å². The number of rotatable bonds is 9. The Kier molecular flexibility index (Phi) is 7.81. The lowest BCUT2D eigenvalue weighted by Crippen LogP contribution is -2.30. The number of thiophene rings is 1. The number of carbonyl (C=O) groups is 2. The summed E-state index contributed by atoms with van der Waals surface area (Å²) >= 11 is 3.48. The van der Waals surface area contributed by atoms with Crippen LogP contribution in [0, 0.1) is 6.92 Å². The Balaban J connectivity index is 1.67. The molecule has 25 heavy (non-hydrogen) atoms. The maximum Gasteiger partial charge on any atom is 0.342 e. The largest absolute Gasteiger partial charge is 0.496 e. The standard InChI is InChI=1S/C18H21NO4S2/c1-13-5-6-16(22-2)15(10-13)18(21)23-11-17(20)19-7-9-24-12-14-4-3-8-25-14/h3-6,8,10H,7,9,11-12H2,1-2H3,(H,19,20). The first-order valence-corrected chi connectivity index (χ1v) is 9.82. The summed E-state index contributed by atoms with van der Waals surface area (Å²) in [5.74, 6) is 1.30. The molecule has 0 aliphatic rings. The summed E-state index contributed by atoms with van der Waals surface area (Å²) in [5.41, 5.74) is 1.24. The minimum absolute atomic E-state index is 0.300. The first-order valence-electron chi connectivity index (χ1n) is 7.78. The molecule has 0 fully saturated rings. The van der Waals surface area contributed by atoms with E-state index in [-0.39, 0.29) is 12.5 Å². The van der Waals surface area contributed by atoms with Crippen LogP contribution in [-0.4, -0.2) is 37.9 Å². The number of benzene rings is 1. The van der Waals surface area contributed by atoms with Crippen LogP contribution >= 0.6 is 23.1 Å². The molecule has 1 aromatic heterocycles. The molecule has 7 heteroatoms. The Morgan fingerprint density at radius 3 is 2.84 bits per heavy atom. The summed E-state index contributed by atoms with van der Waals surface area (Å²) in [6.07, 6.45) is 0. The average Bonchev–Trinajstić information content (AvgIpc) is 3.12. The molecule has 1 aromatic carbocycles. The van der Waals surface area contributed by atoms with Crippen molar-refractivity contribution < 1.29 is 19.1 Å². The zero-order valence-corrected chi connectivity index (χ0v) is 15.9. The van der Waals surface area contributed by atoms with Crippen molar-refractivity contribution in [3.8, 4) is 5.75 Å². The van der Waals surface area contributed by atoms with Crippen LogP contribution in [0.1, 0.15) is 20.8 Å². The molecule has 0 spiro atoms. The summed E-state index contributed by atoms with van der Waals surface area (Å²) < 4.78 is 10.2. The number of carbonyl (C=O) groups excluding carboxylic acids is 2. The zero-order chi connectivity index (χ0) is 18.1. The monoisotopic (exact) mass is 379 g/mol. The van der Waals surface area contributed by atoms with E-state index in [0.29, 0.717) is 17.9 Å².